The van der Waals surface area contributed by atoms with Crippen LogP contribution in [0.5, 0.6) is 11.5 Å². The summed E-state index contributed by atoms with van der Waals surface area (Å²) in [5.41, 5.74) is 0.752. The first-order chi connectivity index (χ1) is 22.8. The minimum atomic E-state index is -0.935. The molecule has 0 bridgehead atoms. The van der Waals surface area contributed by atoms with E-state index in [-0.39, 0.29) is 94.0 Å². The quantitative estimate of drug-likeness (QED) is 0.196. The standard InChI is InChI=1S/C37H42BNO/c1-23-19-31-34-33(20-23)40-32-18-14-26(37(8,9)10)22-29(32)38(34)28-21-25(36(5,6)7)13-17-30(28)39(31)27-15-11-24(12-16-27)35(2,3)4/h11-22H,1-10H3/i11D,12D,13D,14D,15D,16D,17D,18D,21D,22D. The predicted molar refractivity (Wildman–Crippen MR) is 173 cm³/mol. The molecule has 0 aliphatic carbocycles. The van der Waals surface area contributed by atoms with Crippen LogP contribution in [0, 0.1) is 6.92 Å². The van der Waals surface area contributed by atoms with Crippen LogP contribution in [0.15, 0.2) is 72.6 Å². The van der Waals surface area contributed by atoms with Crippen molar-refractivity contribution in [2.45, 2.75) is 85.5 Å². The minimum Gasteiger partial charge on any atom is -0.458 e. The molecule has 0 saturated carbocycles. The fourth-order valence-corrected chi connectivity index (χ4v) is 5.24. The molecule has 2 aliphatic rings. The van der Waals surface area contributed by atoms with Gasteiger partial charge in [0, 0.05) is 17.1 Å². The van der Waals surface area contributed by atoms with Crippen LogP contribution in [0.4, 0.5) is 17.1 Å². The maximum atomic E-state index is 9.79. The van der Waals surface area contributed by atoms with Gasteiger partial charge in [-0.15, -0.1) is 0 Å². The number of fused-ring (bicyclic) bond motifs is 4. The van der Waals surface area contributed by atoms with Gasteiger partial charge in [0.15, 0.2) is 0 Å². The lowest BCUT2D eigenvalue weighted by molar-refractivity contribution is 0.486. The lowest BCUT2D eigenvalue weighted by atomic mass is 9.33. The second-order valence-corrected chi connectivity index (χ2v) is 14.0. The third kappa shape index (κ3) is 4.35. The highest BCUT2D eigenvalue weighted by Crippen LogP contribution is 2.42. The van der Waals surface area contributed by atoms with Crippen LogP contribution in [-0.2, 0) is 16.2 Å². The minimum absolute atomic E-state index is 0.00737. The highest BCUT2D eigenvalue weighted by Gasteiger charge is 2.42. The number of hydrogen-bond acceptors (Lipinski definition) is 2. The highest BCUT2D eigenvalue weighted by molar-refractivity contribution is 6.99. The van der Waals surface area contributed by atoms with Crippen LogP contribution in [-0.4, -0.2) is 6.71 Å². The van der Waals surface area contributed by atoms with Crippen molar-refractivity contribution in [2.24, 2.45) is 0 Å². The predicted octanol–water partition coefficient (Wildman–Crippen LogP) is 8.29. The Bertz CT molecular complexity index is 2150. The van der Waals surface area contributed by atoms with E-state index >= 15 is 0 Å². The third-order valence-corrected chi connectivity index (χ3v) is 7.52. The average molecular weight is 538 g/mol. The van der Waals surface area contributed by atoms with E-state index in [1.807, 2.05) is 69.2 Å². The Hall–Kier alpha value is -3.46. The topological polar surface area (TPSA) is 12.5 Å². The molecule has 204 valence electrons. The summed E-state index contributed by atoms with van der Waals surface area (Å²) in [7, 11) is 0. The molecule has 0 atom stereocenters. The van der Waals surface area contributed by atoms with Gasteiger partial charge in [0.2, 0.25) is 0 Å². The van der Waals surface area contributed by atoms with E-state index < -0.39 is 23.0 Å². The van der Waals surface area contributed by atoms with Crippen molar-refractivity contribution in [3.05, 3.63) is 94.8 Å². The van der Waals surface area contributed by atoms with Crippen LogP contribution in [0.25, 0.3) is 0 Å². The summed E-state index contributed by atoms with van der Waals surface area (Å²) in [6.45, 7) is 17.6. The molecule has 2 nitrogen and oxygen atoms in total. The largest absolute Gasteiger partial charge is 0.458 e. The Labute approximate surface area is 255 Å². The fourth-order valence-electron chi connectivity index (χ4n) is 5.24. The average Bonchev–Trinajstić information content (AvgIpc) is 2.96. The first kappa shape index (κ1) is 17.4. The van der Waals surface area contributed by atoms with Gasteiger partial charge >= 0.3 is 0 Å². The zero-order valence-electron chi connectivity index (χ0n) is 35.1. The summed E-state index contributed by atoms with van der Waals surface area (Å²) >= 11 is 0. The van der Waals surface area contributed by atoms with Crippen molar-refractivity contribution < 1.29 is 18.4 Å². The molecular weight excluding hydrogens is 485 g/mol. The van der Waals surface area contributed by atoms with E-state index in [9.17, 15) is 8.22 Å². The summed E-state index contributed by atoms with van der Waals surface area (Å²) < 4.78 is 99.5. The summed E-state index contributed by atoms with van der Waals surface area (Å²) in [6.07, 6.45) is 0. The van der Waals surface area contributed by atoms with Crippen molar-refractivity contribution >= 4 is 40.2 Å². The molecule has 0 fully saturated rings. The third-order valence-electron chi connectivity index (χ3n) is 7.52. The van der Waals surface area contributed by atoms with Crippen molar-refractivity contribution in [1.29, 1.82) is 0 Å². The summed E-state index contributed by atoms with van der Waals surface area (Å²) in [5, 5.41) is 0. The lowest BCUT2D eigenvalue weighted by Gasteiger charge is -2.41. The van der Waals surface area contributed by atoms with Gasteiger partial charge in [-0.25, -0.2) is 0 Å². The summed E-state index contributed by atoms with van der Waals surface area (Å²) in [4.78, 5) is 1.48. The van der Waals surface area contributed by atoms with Gasteiger partial charge < -0.3 is 9.64 Å². The van der Waals surface area contributed by atoms with Crippen molar-refractivity contribution in [3.63, 3.8) is 0 Å². The molecule has 4 aromatic carbocycles. The molecule has 0 unspecified atom stereocenters. The highest BCUT2D eigenvalue weighted by atomic mass is 16.5. The van der Waals surface area contributed by atoms with Crippen LogP contribution < -0.4 is 26.0 Å². The maximum Gasteiger partial charge on any atom is 0.256 e. The second kappa shape index (κ2) is 8.77. The first-order valence-corrected chi connectivity index (χ1v) is 13.8. The molecule has 0 N–H and O–H groups in total. The summed E-state index contributed by atoms with van der Waals surface area (Å²) in [6, 6.07) is 1.65. The summed E-state index contributed by atoms with van der Waals surface area (Å²) in [5.74, 6) is 0.335. The number of ether oxygens (including phenoxy) is 1. The van der Waals surface area contributed by atoms with E-state index in [0.717, 1.165) is 0 Å². The Kier molecular flexibility index (Phi) is 3.81. The SMILES string of the molecule is [2H]c1c([2H])c(C(C)(C)C)c([2H])c2c1Oc1cc(C)cc3c1B2c1c([2H])c(C(C)(C)C)c([2H])c([2H])c1N3c1c([2H])c([2H])c(C(C)(C)C)c([2H])c1[2H]. The Morgan fingerprint density at radius 3 is 1.77 bits per heavy atom. The van der Waals surface area contributed by atoms with Gasteiger partial charge in [-0.1, -0.05) is 98.6 Å². The molecule has 0 spiro atoms. The zero-order chi connectivity index (χ0) is 37.5. The molecular formula is C37H42BNO. The molecule has 6 rings (SSSR count). The number of anilines is 3. The molecule has 0 amide bonds. The number of hydrogen-bond donors (Lipinski definition) is 0. The van der Waals surface area contributed by atoms with Gasteiger partial charge in [0.25, 0.3) is 6.71 Å². The molecule has 2 heterocycles. The normalized spacial score (nSPS) is 17.9. The smallest absolute Gasteiger partial charge is 0.256 e. The van der Waals surface area contributed by atoms with Gasteiger partial charge in [-0.2, -0.15) is 0 Å². The monoisotopic (exact) mass is 537 g/mol. The van der Waals surface area contributed by atoms with Crippen molar-refractivity contribution in [3.8, 4) is 11.5 Å². The fraction of sp³-hybridized carbons (Fsp3) is 0.351. The molecule has 0 saturated heterocycles. The molecule has 3 heteroatoms. The number of nitrogens with zero attached hydrogens (tertiary/aromatic N) is 1. The van der Waals surface area contributed by atoms with E-state index in [1.54, 1.807) is 12.1 Å². The van der Waals surface area contributed by atoms with Gasteiger partial charge in [-0.3, -0.25) is 0 Å². The number of rotatable bonds is 1. The van der Waals surface area contributed by atoms with Crippen molar-refractivity contribution in [1.82, 2.24) is 0 Å². The molecule has 4 aromatic rings. The number of benzene rings is 4. The van der Waals surface area contributed by atoms with Crippen molar-refractivity contribution in [2.75, 3.05) is 4.90 Å². The zero-order valence-corrected chi connectivity index (χ0v) is 25.1. The van der Waals surface area contributed by atoms with Crippen LogP contribution in [0.1, 0.15) is 98.3 Å². The van der Waals surface area contributed by atoms with Gasteiger partial charge in [0.1, 0.15) is 11.5 Å². The van der Waals surface area contributed by atoms with E-state index in [2.05, 4.69) is 0 Å². The van der Waals surface area contributed by atoms with Gasteiger partial charge in [0.05, 0.1) is 13.7 Å². The second-order valence-electron chi connectivity index (χ2n) is 14.0. The van der Waals surface area contributed by atoms with Crippen LogP contribution >= 0.6 is 0 Å². The Morgan fingerprint density at radius 1 is 0.625 bits per heavy atom. The molecule has 0 aromatic heterocycles. The molecule has 0 radical (unpaired) electrons. The molecule has 40 heavy (non-hydrogen) atoms. The molecule has 2 aliphatic heterocycles. The number of aryl methyl sites for hydroxylation is 1. The first-order valence-electron chi connectivity index (χ1n) is 18.8. The maximum absolute atomic E-state index is 9.79. The van der Waals surface area contributed by atoms with E-state index in [4.69, 9.17) is 10.2 Å². The Balaban J connectivity index is 1.89. The van der Waals surface area contributed by atoms with E-state index in [1.165, 1.54) is 4.90 Å². The Morgan fingerprint density at radius 2 is 1.18 bits per heavy atom. The van der Waals surface area contributed by atoms with E-state index in [0.29, 0.717) is 33.6 Å². The van der Waals surface area contributed by atoms with Crippen LogP contribution in [0.2, 0.25) is 0 Å². The van der Waals surface area contributed by atoms with Crippen LogP contribution in [0.3, 0.4) is 0 Å². The van der Waals surface area contributed by atoms with Gasteiger partial charge in [-0.05, 0) is 98.1 Å². The lowest BCUT2D eigenvalue weighted by Crippen LogP contribution is -2.60.